The van der Waals surface area contributed by atoms with Crippen molar-refractivity contribution in [2.45, 2.75) is 45.2 Å². The molecule has 1 aliphatic rings. The fourth-order valence-electron chi connectivity index (χ4n) is 3.40. The van der Waals surface area contributed by atoms with Gasteiger partial charge >= 0.3 is 5.69 Å². The number of nitrogens with zero attached hydrogens (tertiary/aromatic N) is 3. The molecule has 0 saturated heterocycles. The number of aryl methyl sites for hydroxylation is 1. The highest BCUT2D eigenvalue weighted by atomic mass is 35.5. The summed E-state index contributed by atoms with van der Waals surface area (Å²) in [6.07, 6.45) is 5.00. The van der Waals surface area contributed by atoms with E-state index in [0.717, 1.165) is 37.4 Å². The van der Waals surface area contributed by atoms with Gasteiger partial charge < -0.3 is 16.4 Å². The molecule has 156 valence electrons. The van der Waals surface area contributed by atoms with E-state index in [1.165, 1.54) is 6.07 Å². The maximum Gasteiger partial charge on any atom is 0.329 e. The smallest absolute Gasteiger partial charge is 0.329 e. The van der Waals surface area contributed by atoms with Crippen LogP contribution in [0.5, 0.6) is 0 Å². The minimum Gasteiger partial charge on any atom is -0.364 e. The van der Waals surface area contributed by atoms with Crippen LogP contribution >= 0.6 is 11.6 Å². The van der Waals surface area contributed by atoms with Crippen LogP contribution in [0.1, 0.15) is 36.8 Å². The summed E-state index contributed by atoms with van der Waals surface area (Å²) in [6, 6.07) is 3.19. The van der Waals surface area contributed by atoms with Gasteiger partial charge in [0.1, 0.15) is 12.0 Å². The first-order chi connectivity index (χ1) is 13.8. The molecule has 0 radical (unpaired) electrons. The number of nitrogens with one attached hydrogen (secondary N) is 2. The van der Waals surface area contributed by atoms with Crippen LogP contribution in [0.2, 0.25) is 5.02 Å². The molecule has 8 nitrogen and oxygen atoms in total. The van der Waals surface area contributed by atoms with Crippen LogP contribution in [0.25, 0.3) is 0 Å². The van der Waals surface area contributed by atoms with Crippen LogP contribution in [0.15, 0.2) is 18.3 Å². The van der Waals surface area contributed by atoms with Crippen LogP contribution in [0.4, 0.5) is 21.8 Å². The maximum atomic E-state index is 14.1. The summed E-state index contributed by atoms with van der Waals surface area (Å²) >= 11 is 6.18. The van der Waals surface area contributed by atoms with E-state index in [1.807, 2.05) is 0 Å². The van der Waals surface area contributed by atoms with Crippen LogP contribution in [-0.4, -0.2) is 27.5 Å². The molecule has 1 fully saturated rings. The van der Waals surface area contributed by atoms with Crippen molar-refractivity contribution < 1.29 is 9.31 Å². The molecule has 1 aliphatic carbocycles. The van der Waals surface area contributed by atoms with Gasteiger partial charge in [0.25, 0.3) is 0 Å². The van der Waals surface area contributed by atoms with E-state index in [1.54, 1.807) is 13.0 Å². The lowest BCUT2D eigenvalue weighted by Gasteiger charge is -2.26. The van der Waals surface area contributed by atoms with Gasteiger partial charge in [-0.3, -0.25) is 10.1 Å². The van der Waals surface area contributed by atoms with E-state index in [-0.39, 0.29) is 30.0 Å². The zero-order valence-corrected chi connectivity index (χ0v) is 16.9. The number of hydrogen-bond donors (Lipinski definition) is 3. The normalized spacial score (nSPS) is 19.0. The third-order valence-electron chi connectivity index (χ3n) is 5.22. The molecule has 1 aromatic carbocycles. The Bertz CT molecular complexity index is 889. The standard InChI is InChI=1S/C19H24ClFN6O2/c1-11-2-7-15(21)14(17(11)20)9-24-19-25-10-16(27(28)29)18(26-19)23-8-12-3-5-13(22)6-4-12/h2,7,10,12-13H,3-6,8-9,22H2,1H3,(H2,23,24,25,26). The van der Waals surface area contributed by atoms with Crippen molar-refractivity contribution in [1.82, 2.24) is 9.97 Å². The van der Waals surface area contributed by atoms with Gasteiger partial charge in [0.05, 0.1) is 9.95 Å². The van der Waals surface area contributed by atoms with Gasteiger partial charge in [-0.25, -0.2) is 9.37 Å². The highest BCUT2D eigenvalue weighted by Gasteiger charge is 2.22. The van der Waals surface area contributed by atoms with E-state index in [9.17, 15) is 14.5 Å². The largest absolute Gasteiger partial charge is 0.364 e. The summed E-state index contributed by atoms with van der Waals surface area (Å²) in [5, 5.41) is 17.6. The third kappa shape index (κ3) is 5.30. The third-order valence-corrected chi connectivity index (χ3v) is 5.74. The van der Waals surface area contributed by atoms with Crippen molar-refractivity contribution in [1.29, 1.82) is 0 Å². The maximum absolute atomic E-state index is 14.1. The molecule has 0 atom stereocenters. The van der Waals surface area contributed by atoms with Gasteiger partial charge in [0, 0.05) is 24.7 Å². The zero-order chi connectivity index (χ0) is 21.0. The van der Waals surface area contributed by atoms with Gasteiger partial charge in [0.2, 0.25) is 11.8 Å². The molecular weight excluding hydrogens is 399 g/mol. The second kappa shape index (κ2) is 9.32. The molecule has 0 amide bonds. The lowest BCUT2D eigenvalue weighted by Crippen LogP contribution is -2.29. The summed E-state index contributed by atoms with van der Waals surface area (Å²) in [5.74, 6) is 0.240. The summed E-state index contributed by atoms with van der Waals surface area (Å²) in [4.78, 5) is 19.0. The number of aromatic nitrogens is 2. The number of rotatable bonds is 7. The van der Waals surface area contributed by atoms with E-state index < -0.39 is 10.7 Å². The van der Waals surface area contributed by atoms with E-state index in [4.69, 9.17) is 17.3 Å². The Hall–Kier alpha value is -2.52. The average Bonchev–Trinajstić information content (AvgIpc) is 2.70. The van der Waals surface area contributed by atoms with E-state index >= 15 is 0 Å². The lowest BCUT2D eigenvalue weighted by molar-refractivity contribution is -0.384. The zero-order valence-electron chi connectivity index (χ0n) is 16.1. The van der Waals surface area contributed by atoms with Crippen LogP contribution in [0, 0.1) is 28.8 Å². The molecule has 0 aliphatic heterocycles. The molecule has 0 spiro atoms. The second-order valence-corrected chi connectivity index (χ2v) is 7.73. The predicted octanol–water partition coefficient (Wildman–Crippen LogP) is 4.03. The first kappa shape index (κ1) is 21.2. The minimum absolute atomic E-state index is 0.0596. The minimum atomic E-state index is -0.528. The van der Waals surface area contributed by atoms with Crippen molar-refractivity contribution in [3.05, 3.63) is 50.4 Å². The highest BCUT2D eigenvalue weighted by molar-refractivity contribution is 6.32. The Morgan fingerprint density at radius 2 is 2.03 bits per heavy atom. The number of halogens is 2. The van der Waals surface area contributed by atoms with Gasteiger partial charge in [-0.1, -0.05) is 17.7 Å². The summed E-state index contributed by atoms with van der Waals surface area (Å²) in [7, 11) is 0. The Kier molecular flexibility index (Phi) is 6.81. The molecule has 1 saturated carbocycles. The second-order valence-electron chi connectivity index (χ2n) is 7.36. The number of anilines is 2. The van der Waals surface area contributed by atoms with Gasteiger partial charge in [-0.2, -0.15) is 4.98 Å². The molecule has 10 heteroatoms. The predicted molar refractivity (Wildman–Crippen MR) is 111 cm³/mol. The average molecular weight is 423 g/mol. The summed E-state index contributed by atoms with van der Waals surface area (Å²) in [5.41, 5.74) is 6.77. The van der Waals surface area contributed by atoms with Gasteiger partial charge in [-0.05, 0) is 50.2 Å². The van der Waals surface area contributed by atoms with Crippen LogP contribution < -0.4 is 16.4 Å². The molecule has 2 aromatic rings. The molecule has 3 rings (SSSR count). The Labute approximate surface area is 173 Å². The first-order valence-electron chi connectivity index (χ1n) is 9.53. The van der Waals surface area contributed by atoms with Crippen molar-refractivity contribution in [3.63, 3.8) is 0 Å². The first-order valence-corrected chi connectivity index (χ1v) is 9.91. The topological polar surface area (TPSA) is 119 Å². The fraction of sp³-hybridized carbons (Fsp3) is 0.474. The fourth-order valence-corrected chi connectivity index (χ4v) is 3.62. The van der Waals surface area contributed by atoms with Crippen LogP contribution in [-0.2, 0) is 6.54 Å². The monoisotopic (exact) mass is 422 g/mol. The Morgan fingerprint density at radius 3 is 2.72 bits per heavy atom. The molecule has 0 bridgehead atoms. The molecule has 29 heavy (non-hydrogen) atoms. The molecular formula is C19H24ClFN6O2. The van der Waals surface area contributed by atoms with Gasteiger partial charge in [0.15, 0.2) is 0 Å². The Morgan fingerprint density at radius 1 is 1.31 bits per heavy atom. The highest BCUT2D eigenvalue weighted by Crippen LogP contribution is 2.27. The lowest BCUT2D eigenvalue weighted by atomic mass is 9.86. The number of benzene rings is 1. The van der Waals surface area contributed by atoms with Crippen molar-refractivity contribution in [2.75, 3.05) is 17.2 Å². The van der Waals surface area contributed by atoms with Gasteiger partial charge in [-0.15, -0.1) is 0 Å². The van der Waals surface area contributed by atoms with Crippen LogP contribution in [0.3, 0.4) is 0 Å². The molecule has 4 N–H and O–H groups in total. The van der Waals surface area contributed by atoms with Crippen molar-refractivity contribution >= 4 is 29.1 Å². The SMILES string of the molecule is Cc1ccc(F)c(CNc2ncc([N+](=O)[O-])c(NCC3CCC(N)CC3)n2)c1Cl. The summed E-state index contributed by atoms with van der Waals surface area (Å²) in [6.45, 7) is 2.42. The summed E-state index contributed by atoms with van der Waals surface area (Å²) < 4.78 is 14.1. The molecule has 1 aromatic heterocycles. The van der Waals surface area contributed by atoms with E-state index in [0.29, 0.717) is 23.0 Å². The molecule has 1 heterocycles. The van der Waals surface area contributed by atoms with Crippen molar-refractivity contribution in [2.24, 2.45) is 11.7 Å². The molecule has 0 unspecified atom stereocenters. The number of nitrogens with two attached hydrogens (primary N) is 1. The number of hydrogen-bond acceptors (Lipinski definition) is 7. The number of nitro groups is 1. The quantitative estimate of drug-likeness (QED) is 0.455. The Balaban J connectivity index is 1.71. The van der Waals surface area contributed by atoms with E-state index in [2.05, 4.69) is 20.6 Å². The van der Waals surface area contributed by atoms with Crippen molar-refractivity contribution in [3.8, 4) is 0 Å².